The van der Waals surface area contributed by atoms with E-state index in [1.165, 1.54) is 0 Å². The van der Waals surface area contributed by atoms with E-state index in [0.29, 0.717) is 5.69 Å². The Morgan fingerprint density at radius 2 is 1.87 bits per heavy atom. The van der Waals surface area contributed by atoms with Crippen LogP contribution in [0.2, 0.25) is 0 Å². The van der Waals surface area contributed by atoms with E-state index >= 15 is 0 Å². The number of benzene rings is 1. The zero-order valence-corrected chi connectivity index (χ0v) is 7.75. The second kappa shape index (κ2) is 4.97. The van der Waals surface area contributed by atoms with E-state index in [0.717, 1.165) is 0 Å². The van der Waals surface area contributed by atoms with Crippen LogP contribution in [0.1, 0.15) is 0 Å². The molecule has 3 N–H and O–H groups in total. The average Bonchev–Trinajstić information content (AvgIpc) is 2.18. The summed E-state index contributed by atoms with van der Waals surface area (Å²) in [6.07, 6.45) is 0. The van der Waals surface area contributed by atoms with E-state index in [2.05, 4.69) is 5.32 Å². The van der Waals surface area contributed by atoms with Crippen LogP contribution < -0.4 is 5.32 Å². The molecule has 0 fully saturated rings. The Morgan fingerprint density at radius 3 is 2.40 bits per heavy atom. The Labute approximate surface area is 85.7 Å². The number of nitrogens with zero attached hydrogens (tertiary/aromatic N) is 1. The molecule has 0 heterocycles. The summed E-state index contributed by atoms with van der Waals surface area (Å²) in [5.41, 5.74) is 0.479. The maximum atomic E-state index is 11.1. The number of hydrogen-bond acceptors (Lipinski definition) is 3. The van der Waals surface area contributed by atoms with E-state index in [4.69, 9.17) is 10.3 Å². The first-order valence-corrected chi connectivity index (χ1v) is 4.14. The molecule has 0 aliphatic rings. The number of carboxylic acids is 1. The summed E-state index contributed by atoms with van der Waals surface area (Å²) in [5.74, 6) is -1.29. The second-order valence-electron chi connectivity index (χ2n) is 2.75. The molecule has 0 bridgehead atoms. The summed E-state index contributed by atoms with van der Waals surface area (Å²) in [6, 6.07) is 7.52. The second-order valence-corrected chi connectivity index (χ2v) is 2.75. The fraction of sp³-hybridized carbons (Fsp3) is 0.111. The average molecular weight is 210 g/mol. The molecule has 0 radical (unpaired) electrons. The van der Waals surface area contributed by atoms with Gasteiger partial charge in [0.1, 0.15) is 6.54 Å². The first-order chi connectivity index (χ1) is 7.09. The molecular weight excluding hydrogens is 200 g/mol. The predicted molar refractivity (Wildman–Crippen MR) is 51.6 cm³/mol. The largest absolute Gasteiger partial charge is 0.480 e. The van der Waals surface area contributed by atoms with Gasteiger partial charge in [0.2, 0.25) is 0 Å². The molecule has 0 saturated heterocycles. The minimum absolute atomic E-state index is 0.0926. The Morgan fingerprint density at radius 1 is 1.27 bits per heavy atom. The number of para-hydroxylation sites is 1. The summed E-state index contributed by atoms with van der Waals surface area (Å²) in [4.78, 5) is 21.3. The number of amides is 2. The molecule has 0 aliphatic carbocycles. The third-order valence-corrected chi connectivity index (χ3v) is 1.54. The van der Waals surface area contributed by atoms with E-state index < -0.39 is 18.5 Å². The van der Waals surface area contributed by atoms with Crippen LogP contribution in [0.3, 0.4) is 0 Å². The lowest BCUT2D eigenvalue weighted by Gasteiger charge is -2.13. The molecule has 1 aromatic carbocycles. The van der Waals surface area contributed by atoms with Gasteiger partial charge >= 0.3 is 12.0 Å². The van der Waals surface area contributed by atoms with E-state index in [9.17, 15) is 9.59 Å². The van der Waals surface area contributed by atoms with Gasteiger partial charge in [0, 0.05) is 5.69 Å². The number of hydroxylamine groups is 2. The smallest absolute Gasteiger partial charge is 0.346 e. The van der Waals surface area contributed by atoms with Gasteiger partial charge in [0.05, 0.1) is 0 Å². The van der Waals surface area contributed by atoms with Crippen molar-refractivity contribution >= 4 is 17.7 Å². The Balaban J connectivity index is 2.52. The number of hydrogen-bond donors (Lipinski definition) is 3. The van der Waals surface area contributed by atoms with Crippen LogP contribution >= 0.6 is 0 Å². The summed E-state index contributed by atoms with van der Waals surface area (Å²) >= 11 is 0. The molecule has 0 aromatic heterocycles. The summed E-state index contributed by atoms with van der Waals surface area (Å²) in [6.45, 7) is -0.765. The molecule has 1 aromatic rings. The van der Waals surface area contributed by atoms with Crippen LogP contribution in [-0.2, 0) is 4.79 Å². The van der Waals surface area contributed by atoms with Crippen LogP contribution in [0.5, 0.6) is 0 Å². The lowest BCUT2D eigenvalue weighted by atomic mass is 10.3. The molecule has 0 saturated carbocycles. The molecule has 0 atom stereocenters. The van der Waals surface area contributed by atoms with Crippen molar-refractivity contribution in [1.82, 2.24) is 5.06 Å². The lowest BCUT2D eigenvalue weighted by molar-refractivity contribution is -0.145. The number of anilines is 1. The van der Waals surface area contributed by atoms with Gasteiger partial charge in [-0.1, -0.05) is 18.2 Å². The third-order valence-electron chi connectivity index (χ3n) is 1.54. The quantitative estimate of drug-likeness (QED) is 0.512. The maximum Gasteiger partial charge on any atom is 0.346 e. The van der Waals surface area contributed by atoms with Crippen LogP contribution in [0.25, 0.3) is 0 Å². The van der Waals surface area contributed by atoms with Crippen molar-refractivity contribution in [2.24, 2.45) is 0 Å². The van der Waals surface area contributed by atoms with Gasteiger partial charge in [-0.15, -0.1) is 0 Å². The fourth-order valence-electron chi connectivity index (χ4n) is 0.909. The SMILES string of the molecule is O=C(O)CN(O)C(=O)Nc1ccccc1. The number of carboxylic acid groups (broad SMARTS) is 1. The molecule has 0 spiro atoms. The minimum atomic E-state index is -1.29. The monoisotopic (exact) mass is 210 g/mol. The molecule has 6 nitrogen and oxygen atoms in total. The molecule has 15 heavy (non-hydrogen) atoms. The van der Waals surface area contributed by atoms with Gasteiger partial charge in [-0.2, -0.15) is 5.06 Å². The van der Waals surface area contributed by atoms with E-state index in [1.807, 2.05) is 0 Å². The minimum Gasteiger partial charge on any atom is -0.480 e. The first-order valence-electron chi connectivity index (χ1n) is 4.14. The van der Waals surface area contributed by atoms with Gasteiger partial charge < -0.3 is 10.4 Å². The van der Waals surface area contributed by atoms with Crippen LogP contribution in [-0.4, -0.2) is 33.9 Å². The molecule has 2 amide bonds. The number of carbonyl (C=O) groups excluding carboxylic acids is 1. The van der Waals surface area contributed by atoms with Gasteiger partial charge in [0.25, 0.3) is 0 Å². The van der Waals surface area contributed by atoms with Crippen molar-refractivity contribution in [3.05, 3.63) is 30.3 Å². The first kappa shape index (κ1) is 11.0. The standard InChI is InChI=1S/C9H10N2O4/c12-8(13)6-11(15)9(14)10-7-4-2-1-3-5-7/h1-5,15H,6H2,(H,10,14)(H,12,13). The lowest BCUT2D eigenvalue weighted by Crippen LogP contribution is -2.35. The summed E-state index contributed by atoms with van der Waals surface area (Å²) in [5, 5.41) is 19.7. The van der Waals surface area contributed by atoms with E-state index in [1.54, 1.807) is 30.3 Å². The maximum absolute atomic E-state index is 11.1. The van der Waals surface area contributed by atoms with Crippen molar-refractivity contribution in [2.75, 3.05) is 11.9 Å². The van der Waals surface area contributed by atoms with E-state index in [-0.39, 0.29) is 5.06 Å². The number of nitrogens with one attached hydrogen (secondary N) is 1. The number of aliphatic carboxylic acids is 1. The molecule has 6 heteroatoms. The van der Waals surface area contributed by atoms with Gasteiger partial charge in [-0.3, -0.25) is 10.0 Å². The van der Waals surface area contributed by atoms with Crippen LogP contribution in [0.15, 0.2) is 30.3 Å². The highest BCUT2D eigenvalue weighted by Gasteiger charge is 2.13. The summed E-state index contributed by atoms with van der Waals surface area (Å²) in [7, 11) is 0. The Kier molecular flexibility index (Phi) is 3.64. The zero-order valence-electron chi connectivity index (χ0n) is 7.75. The highest BCUT2D eigenvalue weighted by molar-refractivity contribution is 5.90. The Bertz CT molecular complexity index is 352. The molecule has 1 rings (SSSR count). The Hall–Kier alpha value is -2.08. The molecule has 0 aliphatic heterocycles. The normalized spacial score (nSPS) is 9.40. The molecule has 0 unspecified atom stereocenters. The number of carbonyl (C=O) groups is 2. The molecular formula is C9H10N2O4. The van der Waals surface area contributed by atoms with Crippen molar-refractivity contribution < 1.29 is 19.9 Å². The fourth-order valence-corrected chi connectivity index (χ4v) is 0.909. The van der Waals surface area contributed by atoms with Crippen molar-refractivity contribution in [3.63, 3.8) is 0 Å². The van der Waals surface area contributed by atoms with Crippen molar-refractivity contribution in [1.29, 1.82) is 0 Å². The highest BCUT2D eigenvalue weighted by Crippen LogP contribution is 2.05. The van der Waals surface area contributed by atoms with Gasteiger partial charge in [-0.05, 0) is 12.1 Å². The van der Waals surface area contributed by atoms with Crippen LogP contribution in [0, 0.1) is 0 Å². The van der Waals surface area contributed by atoms with Crippen LogP contribution in [0.4, 0.5) is 10.5 Å². The number of rotatable bonds is 3. The summed E-state index contributed by atoms with van der Waals surface area (Å²) < 4.78 is 0. The molecule has 80 valence electrons. The third kappa shape index (κ3) is 3.65. The van der Waals surface area contributed by atoms with Gasteiger partial charge in [-0.25, -0.2) is 4.79 Å². The number of urea groups is 1. The highest BCUT2D eigenvalue weighted by atomic mass is 16.5. The van der Waals surface area contributed by atoms with Crippen molar-refractivity contribution in [3.8, 4) is 0 Å². The van der Waals surface area contributed by atoms with Crippen molar-refractivity contribution in [2.45, 2.75) is 0 Å². The predicted octanol–water partition coefficient (Wildman–Crippen LogP) is 0.994. The zero-order chi connectivity index (χ0) is 11.3. The van der Waals surface area contributed by atoms with Gasteiger partial charge in [0.15, 0.2) is 0 Å². The topological polar surface area (TPSA) is 89.9 Å².